The average molecular weight is 346 g/mol. The van der Waals surface area contributed by atoms with Gasteiger partial charge in [-0.3, -0.25) is 9.59 Å². The zero-order valence-electron chi connectivity index (χ0n) is 14.1. The number of aryl methyl sites for hydroxylation is 1. The van der Waals surface area contributed by atoms with E-state index in [0.29, 0.717) is 6.42 Å². The van der Waals surface area contributed by atoms with Gasteiger partial charge in [0.05, 0.1) is 12.1 Å². The van der Waals surface area contributed by atoms with Crippen molar-refractivity contribution in [3.05, 3.63) is 40.9 Å². The molecule has 1 heterocycles. The average Bonchev–Trinajstić information content (AvgIpc) is 2.93. The van der Waals surface area contributed by atoms with Crippen molar-refractivity contribution in [1.82, 2.24) is 10.3 Å². The summed E-state index contributed by atoms with van der Waals surface area (Å²) in [7, 11) is 0. The van der Waals surface area contributed by atoms with Crippen LogP contribution in [-0.4, -0.2) is 27.5 Å². The number of thiazole rings is 1. The third-order valence-corrected chi connectivity index (χ3v) is 4.54. The van der Waals surface area contributed by atoms with E-state index in [9.17, 15) is 9.59 Å². The predicted octanol–water partition coefficient (Wildman–Crippen LogP) is 3.42. The van der Waals surface area contributed by atoms with Gasteiger partial charge in [0.15, 0.2) is 0 Å². The third-order valence-electron chi connectivity index (χ3n) is 3.60. The number of hydrogen-bond acceptors (Lipinski definition) is 4. The fourth-order valence-corrected chi connectivity index (χ4v) is 3.18. The van der Waals surface area contributed by atoms with Gasteiger partial charge < -0.3 is 10.4 Å². The smallest absolute Gasteiger partial charge is 0.303 e. The summed E-state index contributed by atoms with van der Waals surface area (Å²) in [6.45, 7) is 5.69. The Morgan fingerprint density at radius 3 is 2.75 bits per heavy atom. The molecule has 2 rings (SSSR count). The predicted molar refractivity (Wildman–Crippen MR) is 95.1 cm³/mol. The zero-order chi connectivity index (χ0) is 17.7. The SMILES string of the molecule is Cc1cccc(-c2nc(CC(=O)NC(C)(C)CCC(=O)O)cs2)c1. The molecule has 0 aliphatic heterocycles. The minimum absolute atomic E-state index is 0.0293. The van der Waals surface area contributed by atoms with Crippen molar-refractivity contribution in [2.45, 2.75) is 45.6 Å². The van der Waals surface area contributed by atoms with E-state index in [-0.39, 0.29) is 18.7 Å². The quantitative estimate of drug-likeness (QED) is 0.805. The van der Waals surface area contributed by atoms with Gasteiger partial charge in [0.2, 0.25) is 5.91 Å². The standard InChI is InChI=1S/C18H22N2O3S/c1-12-5-4-6-13(9-12)17-19-14(11-24-17)10-15(21)20-18(2,3)8-7-16(22)23/h4-6,9,11H,7-8,10H2,1-3H3,(H,20,21)(H,22,23). The Hall–Kier alpha value is -2.21. The van der Waals surface area contributed by atoms with Crippen LogP contribution in [0.1, 0.15) is 37.9 Å². The number of amides is 1. The maximum absolute atomic E-state index is 12.2. The van der Waals surface area contributed by atoms with Crippen LogP contribution in [0.5, 0.6) is 0 Å². The number of carboxylic acid groups (broad SMARTS) is 1. The highest BCUT2D eigenvalue weighted by molar-refractivity contribution is 7.13. The first kappa shape index (κ1) is 18.1. The minimum Gasteiger partial charge on any atom is -0.481 e. The second kappa shape index (κ2) is 7.57. The number of carboxylic acids is 1. The summed E-state index contributed by atoms with van der Waals surface area (Å²) in [4.78, 5) is 27.4. The van der Waals surface area contributed by atoms with Crippen molar-refractivity contribution in [2.24, 2.45) is 0 Å². The monoisotopic (exact) mass is 346 g/mol. The van der Waals surface area contributed by atoms with E-state index < -0.39 is 11.5 Å². The lowest BCUT2D eigenvalue weighted by molar-refractivity contribution is -0.137. The highest BCUT2D eigenvalue weighted by Gasteiger charge is 2.22. The lowest BCUT2D eigenvalue weighted by Crippen LogP contribution is -2.44. The third kappa shape index (κ3) is 5.45. The zero-order valence-corrected chi connectivity index (χ0v) is 14.9. The molecule has 128 valence electrons. The minimum atomic E-state index is -0.861. The molecule has 1 aromatic carbocycles. The van der Waals surface area contributed by atoms with Gasteiger partial charge in [-0.1, -0.05) is 23.8 Å². The van der Waals surface area contributed by atoms with E-state index in [1.807, 2.05) is 44.4 Å². The molecule has 1 aromatic heterocycles. The molecule has 0 saturated heterocycles. The van der Waals surface area contributed by atoms with Crippen molar-refractivity contribution in [3.63, 3.8) is 0 Å². The summed E-state index contributed by atoms with van der Waals surface area (Å²) in [5.41, 5.74) is 2.39. The number of nitrogens with one attached hydrogen (secondary N) is 1. The molecule has 1 amide bonds. The number of nitrogens with zero attached hydrogens (tertiary/aromatic N) is 1. The van der Waals surface area contributed by atoms with Gasteiger partial charge in [-0.2, -0.15) is 0 Å². The first-order valence-corrected chi connectivity index (χ1v) is 8.67. The van der Waals surface area contributed by atoms with Gasteiger partial charge in [-0.15, -0.1) is 11.3 Å². The second-order valence-corrected chi connectivity index (χ2v) is 7.37. The van der Waals surface area contributed by atoms with Gasteiger partial charge in [0.1, 0.15) is 5.01 Å². The van der Waals surface area contributed by atoms with Crippen LogP contribution >= 0.6 is 11.3 Å². The van der Waals surface area contributed by atoms with E-state index in [0.717, 1.165) is 16.3 Å². The fraction of sp³-hybridized carbons (Fsp3) is 0.389. The van der Waals surface area contributed by atoms with E-state index in [4.69, 9.17) is 5.11 Å². The van der Waals surface area contributed by atoms with Crippen LogP contribution in [0.25, 0.3) is 10.6 Å². The molecular formula is C18H22N2O3S. The molecule has 0 bridgehead atoms. The first-order valence-electron chi connectivity index (χ1n) is 7.79. The number of aromatic nitrogens is 1. The Kier molecular flexibility index (Phi) is 5.72. The van der Waals surface area contributed by atoms with Crippen molar-refractivity contribution < 1.29 is 14.7 Å². The van der Waals surface area contributed by atoms with E-state index in [1.165, 1.54) is 16.9 Å². The molecular weight excluding hydrogens is 324 g/mol. The molecule has 0 fully saturated rings. The first-order chi connectivity index (χ1) is 11.2. The summed E-state index contributed by atoms with van der Waals surface area (Å²) in [5, 5.41) is 14.4. The summed E-state index contributed by atoms with van der Waals surface area (Å²) in [6, 6.07) is 8.09. The number of carbonyl (C=O) groups excluding carboxylic acids is 1. The highest BCUT2D eigenvalue weighted by atomic mass is 32.1. The van der Waals surface area contributed by atoms with Gasteiger partial charge in [-0.05, 0) is 33.3 Å². The second-order valence-electron chi connectivity index (χ2n) is 6.52. The molecule has 2 N–H and O–H groups in total. The normalized spacial score (nSPS) is 11.3. The van der Waals surface area contributed by atoms with Crippen molar-refractivity contribution >= 4 is 23.2 Å². The lowest BCUT2D eigenvalue weighted by atomic mass is 9.98. The van der Waals surface area contributed by atoms with Crippen LogP contribution in [-0.2, 0) is 16.0 Å². The molecule has 0 radical (unpaired) electrons. The maximum atomic E-state index is 12.2. The molecule has 0 atom stereocenters. The lowest BCUT2D eigenvalue weighted by Gasteiger charge is -2.25. The van der Waals surface area contributed by atoms with Crippen molar-refractivity contribution in [1.29, 1.82) is 0 Å². The van der Waals surface area contributed by atoms with Crippen LogP contribution < -0.4 is 5.32 Å². The van der Waals surface area contributed by atoms with Gasteiger partial charge >= 0.3 is 5.97 Å². The van der Waals surface area contributed by atoms with Gasteiger partial charge in [-0.25, -0.2) is 4.98 Å². The summed E-state index contributed by atoms with van der Waals surface area (Å²) in [5.74, 6) is -1.01. The maximum Gasteiger partial charge on any atom is 0.303 e. The Morgan fingerprint density at radius 2 is 2.08 bits per heavy atom. The largest absolute Gasteiger partial charge is 0.481 e. The Morgan fingerprint density at radius 1 is 1.33 bits per heavy atom. The summed E-state index contributed by atoms with van der Waals surface area (Å²) in [6.07, 6.45) is 0.611. The topological polar surface area (TPSA) is 79.3 Å². The number of aliphatic carboxylic acids is 1. The summed E-state index contributed by atoms with van der Waals surface area (Å²) < 4.78 is 0. The van der Waals surface area contributed by atoms with Crippen LogP contribution in [0.15, 0.2) is 29.6 Å². The number of rotatable bonds is 7. The molecule has 2 aromatic rings. The van der Waals surface area contributed by atoms with Gasteiger partial charge in [0, 0.05) is 22.9 Å². The van der Waals surface area contributed by atoms with E-state index >= 15 is 0 Å². The van der Waals surface area contributed by atoms with Crippen molar-refractivity contribution in [2.75, 3.05) is 0 Å². The van der Waals surface area contributed by atoms with E-state index in [1.54, 1.807) is 0 Å². The molecule has 6 heteroatoms. The van der Waals surface area contributed by atoms with Crippen LogP contribution in [0.2, 0.25) is 0 Å². The Labute approximate surface area is 145 Å². The molecule has 0 aliphatic rings. The molecule has 0 spiro atoms. The van der Waals surface area contributed by atoms with Crippen LogP contribution in [0.4, 0.5) is 0 Å². The van der Waals surface area contributed by atoms with Crippen LogP contribution in [0, 0.1) is 6.92 Å². The van der Waals surface area contributed by atoms with Crippen LogP contribution in [0.3, 0.4) is 0 Å². The number of hydrogen-bond donors (Lipinski definition) is 2. The van der Waals surface area contributed by atoms with Crippen molar-refractivity contribution in [3.8, 4) is 10.6 Å². The molecule has 24 heavy (non-hydrogen) atoms. The van der Waals surface area contributed by atoms with E-state index in [2.05, 4.69) is 16.4 Å². The summed E-state index contributed by atoms with van der Waals surface area (Å²) >= 11 is 1.52. The molecule has 0 saturated carbocycles. The molecule has 0 unspecified atom stereocenters. The highest BCUT2D eigenvalue weighted by Crippen LogP contribution is 2.24. The number of carbonyl (C=O) groups is 2. The molecule has 0 aliphatic carbocycles. The van der Waals surface area contributed by atoms with Gasteiger partial charge in [0.25, 0.3) is 0 Å². The fourth-order valence-electron chi connectivity index (χ4n) is 2.37. The molecule has 5 nitrogen and oxygen atoms in total. The Bertz CT molecular complexity index is 737. The Balaban J connectivity index is 1.96. The number of benzene rings is 1.